The second-order valence-electron chi connectivity index (χ2n) is 4.41. The van der Waals surface area contributed by atoms with Gasteiger partial charge in [-0.15, -0.1) is 0 Å². The zero-order chi connectivity index (χ0) is 10.0. The van der Waals surface area contributed by atoms with E-state index >= 15 is 0 Å². The molecule has 0 fully saturated rings. The highest BCUT2D eigenvalue weighted by Gasteiger charge is 2.17. The van der Waals surface area contributed by atoms with Crippen LogP contribution in [0.2, 0.25) is 0 Å². The van der Waals surface area contributed by atoms with E-state index in [-0.39, 0.29) is 0 Å². The minimum absolute atomic E-state index is 0.502. The van der Waals surface area contributed by atoms with E-state index in [1.165, 1.54) is 16.9 Å². The summed E-state index contributed by atoms with van der Waals surface area (Å²) < 4.78 is 5.74. The van der Waals surface area contributed by atoms with Gasteiger partial charge in [0.1, 0.15) is 12.4 Å². The lowest BCUT2D eigenvalue weighted by atomic mass is 9.94. The number of rotatable bonds is 2. The van der Waals surface area contributed by atoms with Crippen molar-refractivity contribution in [1.82, 2.24) is 0 Å². The Morgan fingerprint density at radius 3 is 2.23 bits per heavy atom. The molecule has 0 aliphatic carbocycles. The Labute approximate surface area is 81.5 Å². The molecule has 1 aliphatic heterocycles. The first kappa shape index (κ1) is 10.4. The maximum atomic E-state index is 5.74. The van der Waals surface area contributed by atoms with Gasteiger partial charge in [0.15, 0.2) is 0 Å². The zero-order valence-corrected chi connectivity index (χ0v) is 9.35. The highest BCUT2D eigenvalue weighted by molar-refractivity contribution is 5.31. The first-order valence-electron chi connectivity index (χ1n) is 5.06. The van der Waals surface area contributed by atoms with Gasteiger partial charge < -0.3 is 4.74 Å². The van der Waals surface area contributed by atoms with Crippen LogP contribution in [0.3, 0.4) is 0 Å². The summed E-state index contributed by atoms with van der Waals surface area (Å²) in [7, 11) is 0. The van der Waals surface area contributed by atoms with Gasteiger partial charge in [-0.05, 0) is 24.0 Å². The third-order valence-electron chi connectivity index (χ3n) is 2.29. The quantitative estimate of drug-likeness (QED) is 0.631. The van der Waals surface area contributed by atoms with E-state index in [4.69, 9.17) is 4.74 Å². The molecule has 0 amide bonds. The van der Waals surface area contributed by atoms with Crippen LogP contribution in [0.4, 0.5) is 0 Å². The molecule has 0 aromatic rings. The van der Waals surface area contributed by atoms with Crippen molar-refractivity contribution < 1.29 is 4.74 Å². The van der Waals surface area contributed by atoms with Gasteiger partial charge in [0.25, 0.3) is 0 Å². The van der Waals surface area contributed by atoms with E-state index in [9.17, 15) is 0 Å². The summed E-state index contributed by atoms with van der Waals surface area (Å²) in [5, 5.41) is 0. The fourth-order valence-electron chi connectivity index (χ4n) is 1.60. The van der Waals surface area contributed by atoms with Crippen molar-refractivity contribution in [2.75, 3.05) is 6.61 Å². The van der Waals surface area contributed by atoms with Gasteiger partial charge in [-0.1, -0.05) is 33.8 Å². The van der Waals surface area contributed by atoms with E-state index < -0.39 is 0 Å². The molecule has 74 valence electrons. The molecule has 0 N–H and O–H groups in total. The van der Waals surface area contributed by atoms with E-state index in [2.05, 4.69) is 40.7 Å². The molecule has 0 saturated heterocycles. The van der Waals surface area contributed by atoms with Gasteiger partial charge >= 0.3 is 0 Å². The average molecular weight is 180 g/mol. The lowest BCUT2D eigenvalue weighted by Gasteiger charge is -2.24. The predicted molar refractivity (Wildman–Crippen MR) is 56.4 cm³/mol. The molecular formula is C12H20O. The molecule has 1 nitrogen and oxygen atoms in total. The number of hydrogen-bond acceptors (Lipinski definition) is 1. The van der Waals surface area contributed by atoms with Gasteiger partial charge in [-0.3, -0.25) is 0 Å². The fraction of sp³-hybridized carbons (Fsp3) is 0.667. The van der Waals surface area contributed by atoms with Crippen LogP contribution >= 0.6 is 0 Å². The lowest BCUT2D eigenvalue weighted by molar-refractivity contribution is 0.197. The first-order valence-corrected chi connectivity index (χ1v) is 5.06. The van der Waals surface area contributed by atoms with Crippen LogP contribution in [0.15, 0.2) is 23.0 Å². The van der Waals surface area contributed by atoms with Crippen molar-refractivity contribution in [1.29, 1.82) is 0 Å². The summed E-state index contributed by atoms with van der Waals surface area (Å²) in [5.41, 5.74) is 2.70. The Bertz CT molecular complexity index is 244. The number of allylic oxidation sites excluding steroid dienone is 3. The Morgan fingerprint density at radius 1 is 1.15 bits per heavy atom. The van der Waals surface area contributed by atoms with Crippen molar-refractivity contribution in [3.05, 3.63) is 23.0 Å². The van der Waals surface area contributed by atoms with Crippen LogP contribution < -0.4 is 0 Å². The predicted octanol–water partition coefficient (Wildman–Crippen LogP) is 3.53. The SMILES string of the molecule is CC1=CC(C(C)C)=C(C(C)C)OC1. The monoisotopic (exact) mass is 180 g/mol. The topological polar surface area (TPSA) is 9.23 Å². The normalized spacial score (nSPS) is 17.9. The second kappa shape index (κ2) is 3.99. The molecular weight excluding hydrogens is 160 g/mol. The molecule has 0 saturated carbocycles. The molecule has 0 unspecified atom stereocenters. The van der Waals surface area contributed by atoms with Crippen LogP contribution in [0.5, 0.6) is 0 Å². The number of hydrogen-bond donors (Lipinski definition) is 0. The molecule has 1 heteroatoms. The largest absolute Gasteiger partial charge is 0.493 e. The van der Waals surface area contributed by atoms with Crippen LogP contribution in [0.1, 0.15) is 34.6 Å². The molecule has 0 spiro atoms. The molecule has 1 rings (SSSR count). The number of ether oxygens (including phenoxy) is 1. The smallest absolute Gasteiger partial charge is 0.109 e. The summed E-state index contributed by atoms with van der Waals surface area (Å²) in [6.45, 7) is 11.7. The highest BCUT2D eigenvalue weighted by atomic mass is 16.5. The lowest BCUT2D eigenvalue weighted by Crippen LogP contribution is -2.13. The van der Waals surface area contributed by atoms with Gasteiger partial charge in [0.05, 0.1) is 0 Å². The van der Waals surface area contributed by atoms with Gasteiger partial charge in [0.2, 0.25) is 0 Å². The Balaban J connectivity index is 3.01. The summed E-state index contributed by atoms with van der Waals surface area (Å²) in [6.07, 6.45) is 2.28. The Morgan fingerprint density at radius 2 is 1.77 bits per heavy atom. The second-order valence-corrected chi connectivity index (χ2v) is 4.41. The van der Waals surface area contributed by atoms with Crippen LogP contribution in [-0.4, -0.2) is 6.61 Å². The highest BCUT2D eigenvalue weighted by Crippen LogP contribution is 2.28. The standard InChI is InChI=1S/C12H20O/c1-8(2)11-6-10(5)7-13-12(11)9(3)4/h6,8-9H,7H2,1-5H3. The molecule has 13 heavy (non-hydrogen) atoms. The van der Waals surface area contributed by atoms with E-state index in [0.29, 0.717) is 11.8 Å². The van der Waals surface area contributed by atoms with Crippen molar-refractivity contribution in [3.63, 3.8) is 0 Å². The average Bonchev–Trinajstić information content (AvgIpc) is 2.03. The maximum absolute atomic E-state index is 5.74. The minimum atomic E-state index is 0.502. The van der Waals surface area contributed by atoms with Crippen molar-refractivity contribution in [3.8, 4) is 0 Å². The molecule has 0 atom stereocenters. The van der Waals surface area contributed by atoms with Crippen molar-refractivity contribution >= 4 is 0 Å². The third-order valence-corrected chi connectivity index (χ3v) is 2.29. The summed E-state index contributed by atoms with van der Waals surface area (Å²) >= 11 is 0. The molecule has 1 heterocycles. The molecule has 0 bridgehead atoms. The summed E-state index contributed by atoms with van der Waals surface area (Å²) in [5.74, 6) is 2.25. The Hall–Kier alpha value is -0.720. The van der Waals surface area contributed by atoms with E-state index in [1.54, 1.807) is 0 Å². The summed E-state index contributed by atoms with van der Waals surface area (Å²) in [6, 6.07) is 0. The molecule has 0 aromatic heterocycles. The van der Waals surface area contributed by atoms with Gasteiger partial charge in [-0.2, -0.15) is 0 Å². The third kappa shape index (κ3) is 2.36. The first-order chi connectivity index (χ1) is 6.02. The fourth-order valence-corrected chi connectivity index (χ4v) is 1.60. The molecule has 0 aromatic carbocycles. The molecule has 1 aliphatic rings. The van der Waals surface area contributed by atoms with Crippen LogP contribution in [0.25, 0.3) is 0 Å². The van der Waals surface area contributed by atoms with Crippen LogP contribution in [-0.2, 0) is 4.74 Å². The molecule has 0 radical (unpaired) electrons. The van der Waals surface area contributed by atoms with Gasteiger partial charge in [0, 0.05) is 5.92 Å². The zero-order valence-electron chi connectivity index (χ0n) is 9.35. The van der Waals surface area contributed by atoms with E-state index in [0.717, 1.165) is 6.61 Å². The van der Waals surface area contributed by atoms with Crippen molar-refractivity contribution in [2.24, 2.45) is 11.8 Å². The van der Waals surface area contributed by atoms with Crippen molar-refractivity contribution in [2.45, 2.75) is 34.6 Å². The van der Waals surface area contributed by atoms with E-state index in [1.807, 2.05) is 0 Å². The minimum Gasteiger partial charge on any atom is -0.493 e. The van der Waals surface area contributed by atoms with Gasteiger partial charge in [-0.25, -0.2) is 0 Å². The summed E-state index contributed by atoms with van der Waals surface area (Å²) in [4.78, 5) is 0. The van der Waals surface area contributed by atoms with Crippen LogP contribution in [0, 0.1) is 11.8 Å². The Kier molecular flexibility index (Phi) is 3.18. The maximum Gasteiger partial charge on any atom is 0.109 e.